The molecule has 0 aromatic heterocycles. The number of aryl methyl sites for hydroxylation is 2. The van der Waals surface area contributed by atoms with Gasteiger partial charge in [-0.25, -0.2) is 75.8 Å². The van der Waals surface area contributed by atoms with Crippen LogP contribution in [0.3, 0.4) is 0 Å². The highest BCUT2D eigenvalue weighted by Gasteiger charge is 2.36. The zero-order valence-electron chi connectivity index (χ0n) is 81.7. The summed E-state index contributed by atoms with van der Waals surface area (Å²) in [5, 5.41) is 0. The summed E-state index contributed by atoms with van der Waals surface area (Å²) in [5.41, 5.74) is 9.17. The standard InChI is InChI=1S/C112H98O26S9.O2S/c1-9-139(113,114)107-69-97(53-59-101(107)132-8)145(125,126)99-57-63-105(138-92-43-31-84(32-44-92)68-83-25-37-89(38-26-83)135-103-61-55-96(71-109(103)141(117,118)11-3)144(123,124)94-51-47-87(48-52-94)133-86-33-21-79(22-34-86)65-77-17-13-75(5)14-18-77)111(73-99)147(129,130)112-74-100(58-64-106(112)137-91-41-29-80(30-42-91)66-78-19-15-76(6)16-20-78)146(127,128)98-56-62-104(110(72-98)142(119,120)12-4)136-90-39-27-82(28-40-90)67-81-23-35-88(36-24-81)134-102-60-54-95(70-108(102)140(115,116)10-2)143(121,122)93-49-45-85(131-7)46-50-93;1-3-2/h13-64,69-74H,9-12,65-68H2,1-8H3;. The van der Waals surface area contributed by atoms with Gasteiger partial charge in [0.15, 0.2) is 39.3 Å². The number of methoxy groups -OCH3 is 2. The van der Waals surface area contributed by atoms with Gasteiger partial charge in [-0.2, -0.15) is 8.42 Å². The van der Waals surface area contributed by atoms with Gasteiger partial charge in [0.05, 0.1) is 76.4 Å². The molecule has 0 atom stereocenters. The molecule has 0 amide bonds. The maximum absolute atomic E-state index is 16.4. The van der Waals surface area contributed by atoms with Crippen LogP contribution in [0.15, 0.2) is 420 Å². The summed E-state index contributed by atoms with van der Waals surface area (Å²) in [7, 11) is -38.0. The van der Waals surface area contributed by atoms with E-state index < -0.39 is 168 Å². The Bertz CT molecular complexity index is 8920. The molecule has 0 aliphatic heterocycles. The van der Waals surface area contributed by atoms with Gasteiger partial charge >= 0.3 is 11.6 Å². The van der Waals surface area contributed by atoms with Crippen molar-refractivity contribution >= 4 is 100 Å². The number of ether oxygens (including phenoxy) is 8. The predicted octanol–water partition coefficient (Wildman–Crippen LogP) is 22.1. The molecule has 0 radical (unpaired) electrons. The van der Waals surface area contributed by atoms with Gasteiger partial charge in [-0.3, -0.25) is 0 Å². The molecule has 0 bridgehead atoms. The van der Waals surface area contributed by atoms with Crippen LogP contribution in [0.5, 0.6) is 80.5 Å². The van der Waals surface area contributed by atoms with Crippen LogP contribution in [-0.4, -0.2) is 121 Å². The second-order valence-electron chi connectivity index (χ2n) is 34.4. The number of hydrogen-bond donors (Lipinski definition) is 0. The fraction of sp³-hybridized carbons (Fsp3) is 0.143. The van der Waals surface area contributed by atoms with E-state index in [0.717, 1.165) is 130 Å². The molecule has 0 unspecified atom stereocenters. The summed E-state index contributed by atoms with van der Waals surface area (Å²) < 4.78 is 325. The SMILES string of the molecule is CCS(=O)(=O)c1cc(S(=O)(=O)c2ccc(Oc3ccc(Cc4ccc(Oc5ccc(S(=O)(=O)c6ccc(Oc7ccc(Cc8ccc(C)cc8)cc7)cc6)cc5S(=O)(=O)CC)cc4)cc3)c(S(=O)(=O)c3cc(S(=O)(=O)c4ccc(Oc5ccc(Cc6ccc(Oc7ccc(S(=O)(=O)c8ccc(OC)cc8)cc7S(=O)(=O)CC)cc6)cc5)c(S(=O)(=O)CC)c4)ccc3Oc3ccc(Cc4ccc(C)cc4)cc3)c2)ccc1OC.O=S=O. The molecule has 0 fully saturated rings. The van der Waals surface area contributed by atoms with Crippen molar-refractivity contribution in [1.29, 1.82) is 0 Å². The quantitative estimate of drug-likeness (QED) is 0.0344. The Morgan fingerprint density at radius 1 is 0.187 bits per heavy atom. The minimum Gasteiger partial charge on any atom is -0.497 e. The van der Waals surface area contributed by atoms with Crippen molar-refractivity contribution in [3.8, 4) is 80.5 Å². The monoisotopic (exact) mass is 2210 g/mol. The third-order valence-corrected chi connectivity index (χ3v) is 40.1. The maximum atomic E-state index is 16.4. The second kappa shape index (κ2) is 45.8. The number of rotatable bonds is 40. The molecule has 16 rings (SSSR count). The molecule has 0 aliphatic rings. The van der Waals surface area contributed by atoms with Crippen molar-refractivity contribution in [2.75, 3.05) is 37.2 Å². The van der Waals surface area contributed by atoms with Crippen LogP contribution in [0.1, 0.15) is 83.3 Å². The normalized spacial score (nSPS) is 12.1. The topological polar surface area (TPSA) is 415 Å². The fourth-order valence-corrected chi connectivity index (χ4v) is 27.2. The van der Waals surface area contributed by atoms with Crippen molar-refractivity contribution in [2.24, 2.45) is 0 Å². The lowest BCUT2D eigenvalue weighted by Crippen LogP contribution is -2.12. The highest BCUT2D eigenvalue weighted by molar-refractivity contribution is 7.94. The van der Waals surface area contributed by atoms with Gasteiger partial charge in [-0.1, -0.05) is 160 Å². The van der Waals surface area contributed by atoms with E-state index in [9.17, 15) is 50.5 Å². The van der Waals surface area contributed by atoms with E-state index in [1.54, 1.807) is 109 Å². The molecule has 0 saturated heterocycles. The summed E-state index contributed by atoms with van der Waals surface area (Å²) in [6.07, 6.45) is 1.81. The lowest BCUT2D eigenvalue weighted by molar-refractivity contribution is 0.402. The van der Waals surface area contributed by atoms with Gasteiger partial charge in [0.1, 0.15) is 110 Å². The number of benzene rings is 16. The molecular formula is C112H98O28S10. The number of sulfone groups is 9. The van der Waals surface area contributed by atoms with Gasteiger partial charge in [0, 0.05) is 0 Å². The van der Waals surface area contributed by atoms with Crippen molar-refractivity contribution in [3.63, 3.8) is 0 Å². The molecular weight excluding hydrogens is 2110 g/mol. The molecule has 28 nitrogen and oxygen atoms in total. The third-order valence-electron chi connectivity index (χ3n) is 24.3. The Morgan fingerprint density at radius 3 is 0.567 bits per heavy atom. The van der Waals surface area contributed by atoms with Crippen molar-refractivity contribution in [2.45, 2.75) is 136 Å². The van der Waals surface area contributed by atoms with E-state index >= 15 is 25.3 Å². The largest absolute Gasteiger partial charge is 0.497 e. The van der Waals surface area contributed by atoms with E-state index in [4.69, 9.17) is 46.3 Å². The summed E-state index contributed by atoms with van der Waals surface area (Å²) in [6.45, 7) is 9.52. The first kappa shape index (κ1) is 109. The third kappa shape index (κ3) is 25.4. The maximum Gasteiger partial charge on any atom is 0.335 e. The Kier molecular flexibility index (Phi) is 33.4. The average molecular weight is 2210 g/mol. The summed E-state index contributed by atoms with van der Waals surface area (Å²) in [4.78, 5) is -6.88. The first-order valence-electron chi connectivity index (χ1n) is 46.3. The molecule has 0 saturated carbocycles. The molecule has 16 aromatic rings. The predicted molar refractivity (Wildman–Crippen MR) is 564 cm³/mol. The van der Waals surface area contributed by atoms with Gasteiger partial charge in [0.2, 0.25) is 49.2 Å². The van der Waals surface area contributed by atoms with Gasteiger partial charge in [-0.15, -0.1) is 0 Å². The first-order chi connectivity index (χ1) is 71.4. The molecule has 150 heavy (non-hydrogen) atoms. The van der Waals surface area contributed by atoms with Crippen molar-refractivity contribution in [3.05, 3.63) is 407 Å². The minimum absolute atomic E-state index is 0.00348. The fourth-order valence-electron chi connectivity index (χ4n) is 15.8. The molecule has 0 aliphatic carbocycles. The zero-order valence-corrected chi connectivity index (χ0v) is 89.8. The molecule has 16 aromatic carbocycles. The summed E-state index contributed by atoms with van der Waals surface area (Å²) in [6, 6.07) is 87.2. The van der Waals surface area contributed by atoms with Gasteiger partial charge < -0.3 is 37.9 Å². The Morgan fingerprint density at radius 2 is 0.353 bits per heavy atom. The van der Waals surface area contributed by atoms with Crippen LogP contribution in [0.25, 0.3) is 0 Å². The van der Waals surface area contributed by atoms with Crippen molar-refractivity contribution in [1.82, 2.24) is 0 Å². The molecule has 0 N–H and O–H groups in total. The Labute approximate surface area is 875 Å². The van der Waals surface area contributed by atoms with Crippen LogP contribution in [-0.2, 0) is 126 Å². The zero-order chi connectivity index (χ0) is 107. The molecule has 774 valence electrons. The molecule has 0 heterocycles. The van der Waals surface area contributed by atoms with Crippen LogP contribution in [0, 0.1) is 13.8 Å². The van der Waals surface area contributed by atoms with Crippen LogP contribution in [0.2, 0.25) is 0 Å². The average Bonchev–Trinajstić information content (AvgIpc) is 0.739. The van der Waals surface area contributed by atoms with E-state index in [1.165, 1.54) is 132 Å². The molecule has 38 heteroatoms. The van der Waals surface area contributed by atoms with E-state index in [2.05, 4.69) is 24.3 Å². The molecule has 0 spiro atoms. The lowest BCUT2D eigenvalue weighted by Gasteiger charge is -2.18. The summed E-state index contributed by atoms with van der Waals surface area (Å²) in [5.74, 6) is -1.49. The lowest BCUT2D eigenvalue weighted by atomic mass is 10.0. The van der Waals surface area contributed by atoms with Gasteiger partial charge in [0.25, 0.3) is 0 Å². The van der Waals surface area contributed by atoms with Gasteiger partial charge in [-0.05, 0) is 315 Å². The number of hydrogen-bond acceptors (Lipinski definition) is 28. The van der Waals surface area contributed by atoms with Crippen LogP contribution < -0.4 is 37.9 Å². The second-order valence-corrected chi connectivity index (χ2v) is 53.2. The first-order valence-corrected chi connectivity index (χ1v) is 61.0. The van der Waals surface area contributed by atoms with E-state index in [0.29, 0.717) is 41.2 Å². The van der Waals surface area contributed by atoms with Crippen LogP contribution >= 0.6 is 0 Å². The summed E-state index contributed by atoms with van der Waals surface area (Å²) >= 11 is -0.750. The van der Waals surface area contributed by atoms with Crippen LogP contribution in [0.4, 0.5) is 0 Å². The minimum atomic E-state index is -5.43. The Balaban J connectivity index is 0.00000554. The highest BCUT2D eigenvalue weighted by Crippen LogP contribution is 2.46. The smallest absolute Gasteiger partial charge is 0.335 e. The van der Waals surface area contributed by atoms with Crippen molar-refractivity contribution < 1.29 is 122 Å². The Hall–Kier alpha value is -14.7. The highest BCUT2D eigenvalue weighted by atomic mass is 32.2. The van der Waals surface area contributed by atoms with E-state index in [-0.39, 0.29) is 93.3 Å². The van der Waals surface area contributed by atoms with E-state index in [1.807, 2.05) is 62.4 Å².